The monoisotopic (exact) mass is 347 g/mol. The smallest absolute Gasteiger partial charge is 0.213 e. The van der Waals surface area contributed by atoms with Gasteiger partial charge in [0.1, 0.15) is 12.3 Å². The molecule has 0 aliphatic carbocycles. The number of nitrogens with two attached hydrogens (primary N) is 1. The number of thiophene rings is 1. The molecule has 1 unspecified atom stereocenters. The van der Waals surface area contributed by atoms with Crippen molar-refractivity contribution in [1.82, 2.24) is 4.57 Å². The second kappa shape index (κ2) is 5.76. The van der Waals surface area contributed by atoms with Gasteiger partial charge in [-0.2, -0.15) is 0 Å². The Kier molecular flexibility index (Phi) is 3.40. The number of rotatable bonds is 2. The molecule has 25 heavy (non-hydrogen) atoms. The minimum absolute atomic E-state index is 0.317. The van der Waals surface area contributed by atoms with Crippen molar-refractivity contribution in [3.05, 3.63) is 87.9 Å². The number of benzene rings is 1. The Morgan fingerprint density at radius 3 is 2.76 bits per heavy atom. The summed E-state index contributed by atoms with van der Waals surface area (Å²) in [4.78, 5) is 1.38. The molecule has 124 valence electrons. The molecule has 3 aromatic heterocycles. The van der Waals surface area contributed by atoms with Crippen molar-refractivity contribution in [2.75, 3.05) is 0 Å². The zero-order valence-electron chi connectivity index (χ0n) is 14.0. The molecular weight excluding hydrogens is 328 g/mol. The van der Waals surface area contributed by atoms with E-state index >= 15 is 0 Å². The lowest BCUT2D eigenvalue weighted by Crippen LogP contribution is -2.83. The molecule has 4 heterocycles. The second-order valence-electron chi connectivity index (χ2n) is 6.44. The van der Waals surface area contributed by atoms with E-state index in [-0.39, 0.29) is 0 Å². The molecule has 0 radical (unpaired) electrons. The van der Waals surface area contributed by atoms with Crippen molar-refractivity contribution in [3.63, 3.8) is 0 Å². The van der Waals surface area contributed by atoms with Gasteiger partial charge in [0.25, 0.3) is 0 Å². The van der Waals surface area contributed by atoms with E-state index in [9.17, 15) is 0 Å². The third-order valence-electron chi connectivity index (χ3n) is 5.01. The van der Waals surface area contributed by atoms with E-state index in [0.29, 0.717) is 6.04 Å². The van der Waals surface area contributed by atoms with Crippen LogP contribution >= 0.6 is 11.3 Å². The number of fused-ring (bicyclic) bond motifs is 3. The minimum atomic E-state index is 0.317. The molecule has 5 rings (SSSR count). The summed E-state index contributed by atoms with van der Waals surface area (Å²) in [6.07, 6.45) is 2.12. The van der Waals surface area contributed by atoms with Crippen LogP contribution in [0.15, 0.2) is 70.6 Å². The van der Waals surface area contributed by atoms with Gasteiger partial charge in [-0.05, 0) is 30.5 Å². The van der Waals surface area contributed by atoms with Gasteiger partial charge in [0.05, 0.1) is 16.1 Å². The highest BCUT2D eigenvalue weighted by Gasteiger charge is 2.31. The fourth-order valence-electron chi connectivity index (χ4n) is 3.75. The lowest BCUT2D eigenvalue weighted by molar-refractivity contribution is -0.701. The SMILES string of the molecule is Cc1c(-c2ccccc2)oc2c1C[NH2+]C(c1cccs1)c1cccn1-2. The fraction of sp³-hybridized carbons (Fsp3) is 0.143. The van der Waals surface area contributed by atoms with Gasteiger partial charge in [-0.1, -0.05) is 36.4 Å². The topological polar surface area (TPSA) is 34.7 Å². The number of hydrogen-bond acceptors (Lipinski definition) is 2. The molecule has 2 N–H and O–H groups in total. The van der Waals surface area contributed by atoms with Crippen molar-refractivity contribution in [1.29, 1.82) is 0 Å². The van der Waals surface area contributed by atoms with Crippen LogP contribution in [0.25, 0.3) is 17.2 Å². The Labute approximate surface area is 150 Å². The molecule has 0 amide bonds. The molecule has 1 aliphatic heterocycles. The molecule has 1 atom stereocenters. The van der Waals surface area contributed by atoms with Crippen molar-refractivity contribution >= 4 is 11.3 Å². The number of furan rings is 1. The Morgan fingerprint density at radius 1 is 1.08 bits per heavy atom. The Balaban J connectivity index is 1.67. The van der Waals surface area contributed by atoms with E-state index in [4.69, 9.17) is 4.42 Å². The summed E-state index contributed by atoms with van der Waals surface area (Å²) in [6, 6.07) is 19.4. The molecule has 3 nitrogen and oxygen atoms in total. The van der Waals surface area contributed by atoms with E-state index in [1.807, 2.05) is 17.4 Å². The first-order valence-corrected chi connectivity index (χ1v) is 9.43. The van der Waals surface area contributed by atoms with Crippen LogP contribution in [0, 0.1) is 6.92 Å². The zero-order chi connectivity index (χ0) is 16.8. The highest BCUT2D eigenvalue weighted by Crippen LogP contribution is 2.36. The first-order valence-electron chi connectivity index (χ1n) is 8.55. The third-order valence-corrected chi connectivity index (χ3v) is 5.97. The highest BCUT2D eigenvalue weighted by molar-refractivity contribution is 7.10. The van der Waals surface area contributed by atoms with E-state index in [1.165, 1.54) is 21.7 Å². The van der Waals surface area contributed by atoms with Gasteiger partial charge in [-0.25, -0.2) is 0 Å². The lowest BCUT2D eigenvalue weighted by atomic mass is 10.1. The van der Waals surface area contributed by atoms with Gasteiger partial charge in [0.2, 0.25) is 5.88 Å². The van der Waals surface area contributed by atoms with Crippen molar-refractivity contribution in [2.24, 2.45) is 0 Å². The molecular formula is C21H19N2OS+. The van der Waals surface area contributed by atoms with Crippen molar-refractivity contribution < 1.29 is 9.73 Å². The third kappa shape index (κ3) is 2.29. The molecule has 0 saturated carbocycles. The van der Waals surface area contributed by atoms with Gasteiger partial charge < -0.3 is 9.73 Å². The maximum absolute atomic E-state index is 6.40. The Morgan fingerprint density at radius 2 is 1.96 bits per heavy atom. The van der Waals surface area contributed by atoms with E-state index in [0.717, 1.165) is 23.8 Å². The number of nitrogens with zero attached hydrogens (tertiary/aromatic N) is 1. The summed E-state index contributed by atoms with van der Waals surface area (Å²) in [5.74, 6) is 1.94. The van der Waals surface area contributed by atoms with Gasteiger partial charge >= 0.3 is 0 Å². The minimum Gasteiger partial charge on any atom is -0.439 e. The van der Waals surface area contributed by atoms with Crippen LogP contribution in [-0.2, 0) is 6.54 Å². The molecule has 0 spiro atoms. The Hall–Kier alpha value is -2.56. The molecule has 4 heteroatoms. The first-order chi connectivity index (χ1) is 12.3. The molecule has 1 aliphatic rings. The van der Waals surface area contributed by atoms with Gasteiger partial charge in [-0.15, -0.1) is 11.3 Å². The summed E-state index contributed by atoms with van der Waals surface area (Å²) in [5.41, 5.74) is 4.94. The largest absolute Gasteiger partial charge is 0.439 e. The fourth-order valence-corrected chi connectivity index (χ4v) is 4.59. The predicted octanol–water partition coefficient (Wildman–Crippen LogP) is 4.27. The van der Waals surface area contributed by atoms with Crippen LogP contribution in [0.4, 0.5) is 0 Å². The second-order valence-corrected chi connectivity index (χ2v) is 7.42. The number of hydrogen-bond donors (Lipinski definition) is 1. The van der Waals surface area contributed by atoms with Crippen LogP contribution in [0.5, 0.6) is 0 Å². The van der Waals surface area contributed by atoms with Gasteiger partial charge in [0.15, 0.2) is 6.04 Å². The standard InChI is InChI=1S/C21H18N2OS/c1-14-16-13-22-19(18-10-6-12-25-18)17-9-5-11-23(17)21(16)24-20(14)15-7-3-2-4-8-15/h2-12,19,22H,13H2,1H3/p+1. The maximum Gasteiger partial charge on any atom is 0.213 e. The molecule has 0 fully saturated rings. The van der Waals surface area contributed by atoms with Crippen molar-refractivity contribution in [3.8, 4) is 17.2 Å². The van der Waals surface area contributed by atoms with Crippen LogP contribution in [0.2, 0.25) is 0 Å². The van der Waals surface area contributed by atoms with Crippen LogP contribution in [0.1, 0.15) is 27.7 Å². The molecule has 0 saturated heterocycles. The summed E-state index contributed by atoms with van der Waals surface area (Å²) in [6.45, 7) is 3.09. The lowest BCUT2D eigenvalue weighted by Gasteiger charge is -2.12. The predicted molar refractivity (Wildman–Crippen MR) is 100.0 cm³/mol. The summed E-state index contributed by atoms with van der Waals surface area (Å²) in [7, 11) is 0. The molecule has 0 bridgehead atoms. The number of aromatic nitrogens is 1. The first kappa shape index (κ1) is 14.8. The maximum atomic E-state index is 6.40. The van der Waals surface area contributed by atoms with Gasteiger partial charge in [-0.3, -0.25) is 4.57 Å². The summed E-state index contributed by atoms with van der Waals surface area (Å²) in [5, 5.41) is 4.57. The molecule has 1 aromatic carbocycles. The summed E-state index contributed by atoms with van der Waals surface area (Å²) < 4.78 is 8.62. The van der Waals surface area contributed by atoms with Gasteiger partial charge in [0, 0.05) is 17.3 Å². The van der Waals surface area contributed by atoms with Crippen LogP contribution < -0.4 is 5.32 Å². The average molecular weight is 347 g/mol. The Bertz CT molecular complexity index is 1010. The van der Waals surface area contributed by atoms with E-state index < -0.39 is 0 Å². The van der Waals surface area contributed by atoms with Crippen LogP contribution in [-0.4, -0.2) is 4.57 Å². The highest BCUT2D eigenvalue weighted by atomic mass is 32.1. The number of quaternary nitrogens is 1. The summed E-state index contributed by atoms with van der Waals surface area (Å²) >= 11 is 1.82. The average Bonchev–Trinajstić information content (AvgIpc) is 3.37. The van der Waals surface area contributed by atoms with E-state index in [1.54, 1.807) is 0 Å². The van der Waals surface area contributed by atoms with Crippen molar-refractivity contribution in [2.45, 2.75) is 19.5 Å². The van der Waals surface area contributed by atoms with E-state index in [2.05, 4.69) is 76.9 Å². The quantitative estimate of drug-likeness (QED) is 0.577. The molecule has 4 aromatic rings. The van der Waals surface area contributed by atoms with Crippen LogP contribution in [0.3, 0.4) is 0 Å². The zero-order valence-corrected chi connectivity index (χ0v) is 14.8. The normalized spacial score (nSPS) is 16.3.